The quantitative estimate of drug-likeness (QED) is 0.727. The molecule has 2 heterocycles. The molecule has 0 bridgehead atoms. The molecule has 1 aromatic heterocycles. The number of nitrogens with one attached hydrogen (secondary N) is 1. The number of carbonyl (C=O) groups excluding carboxylic acids is 1. The average molecular weight is 386 g/mol. The maximum absolute atomic E-state index is 12.4. The summed E-state index contributed by atoms with van der Waals surface area (Å²) in [6, 6.07) is 22.3. The van der Waals surface area contributed by atoms with E-state index in [1.807, 2.05) is 42.5 Å². The number of hydrogen-bond acceptors (Lipinski definition) is 4. The van der Waals surface area contributed by atoms with Gasteiger partial charge in [-0.2, -0.15) is 0 Å². The highest BCUT2D eigenvalue weighted by Gasteiger charge is 2.15. The van der Waals surface area contributed by atoms with Crippen LogP contribution in [0.4, 0.5) is 11.5 Å². The van der Waals surface area contributed by atoms with Gasteiger partial charge in [-0.25, -0.2) is 4.98 Å². The fourth-order valence-corrected chi connectivity index (χ4v) is 3.52. The van der Waals surface area contributed by atoms with Gasteiger partial charge in [0.05, 0.1) is 18.3 Å². The zero-order valence-corrected chi connectivity index (χ0v) is 16.7. The van der Waals surface area contributed by atoms with Gasteiger partial charge < -0.3 is 15.1 Å². The van der Waals surface area contributed by atoms with Gasteiger partial charge in [0.1, 0.15) is 5.82 Å². The Morgan fingerprint density at radius 1 is 0.897 bits per heavy atom. The van der Waals surface area contributed by atoms with Crippen LogP contribution in [0.25, 0.3) is 11.1 Å². The van der Waals surface area contributed by atoms with E-state index in [9.17, 15) is 4.79 Å². The van der Waals surface area contributed by atoms with Crippen LogP contribution in [-0.4, -0.2) is 49.0 Å². The highest BCUT2D eigenvalue weighted by molar-refractivity contribution is 5.92. The van der Waals surface area contributed by atoms with Crippen LogP contribution in [0.1, 0.15) is 5.56 Å². The van der Waals surface area contributed by atoms with Crippen LogP contribution < -0.4 is 10.2 Å². The first kappa shape index (κ1) is 19.2. The predicted molar refractivity (Wildman–Crippen MR) is 118 cm³/mol. The third kappa shape index (κ3) is 5.00. The molecule has 5 heteroatoms. The van der Waals surface area contributed by atoms with Gasteiger partial charge in [0.15, 0.2) is 0 Å². The van der Waals surface area contributed by atoms with Gasteiger partial charge in [-0.1, -0.05) is 54.6 Å². The van der Waals surface area contributed by atoms with Crippen molar-refractivity contribution in [3.63, 3.8) is 0 Å². The van der Waals surface area contributed by atoms with Crippen LogP contribution in [0.2, 0.25) is 0 Å². The Morgan fingerprint density at radius 2 is 1.59 bits per heavy atom. The van der Waals surface area contributed by atoms with Gasteiger partial charge in [-0.05, 0) is 35.9 Å². The van der Waals surface area contributed by atoms with Crippen LogP contribution in [0.3, 0.4) is 0 Å². The van der Waals surface area contributed by atoms with E-state index in [0.717, 1.165) is 48.8 Å². The molecule has 1 N–H and O–H groups in total. The molecule has 1 aliphatic rings. The van der Waals surface area contributed by atoms with E-state index in [1.165, 1.54) is 5.56 Å². The summed E-state index contributed by atoms with van der Waals surface area (Å²) in [6.07, 6.45) is 2.08. The number of benzene rings is 2. The SMILES string of the molecule is CN1CCN(c2ccc(NC(=O)Cc3ccc(-c4ccccc4)cc3)cn2)CC1. The fraction of sp³-hybridized carbons (Fsp3) is 0.250. The summed E-state index contributed by atoms with van der Waals surface area (Å²) in [7, 11) is 2.14. The van der Waals surface area contributed by atoms with Crippen molar-refractivity contribution < 1.29 is 4.79 Å². The molecular formula is C24H26N4O. The largest absolute Gasteiger partial charge is 0.354 e. The van der Waals surface area contributed by atoms with Crippen LogP contribution >= 0.6 is 0 Å². The zero-order valence-electron chi connectivity index (χ0n) is 16.7. The monoisotopic (exact) mass is 386 g/mol. The molecule has 1 fully saturated rings. The maximum atomic E-state index is 12.4. The molecule has 0 unspecified atom stereocenters. The van der Waals surface area contributed by atoms with E-state index < -0.39 is 0 Å². The molecule has 5 nitrogen and oxygen atoms in total. The predicted octanol–water partition coefficient (Wildman–Crippen LogP) is 3.68. The second kappa shape index (κ2) is 8.88. The van der Waals surface area contributed by atoms with Gasteiger partial charge in [0, 0.05) is 26.2 Å². The smallest absolute Gasteiger partial charge is 0.228 e. The molecule has 0 aliphatic carbocycles. The molecule has 1 amide bonds. The number of anilines is 2. The Balaban J connectivity index is 1.32. The van der Waals surface area contributed by atoms with Crippen molar-refractivity contribution in [2.24, 2.45) is 0 Å². The van der Waals surface area contributed by atoms with Crippen molar-refractivity contribution in [1.29, 1.82) is 0 Å². The highest BCUT2D eigenvalue weighted by atomic mass is 16.1. The van der Waals surface area contributed by atoms with E-state index in [4.69, 9.17) is 0 Å². The summed E-state index contributed by atoms with van der Waals surface area (Å²) in [5.41, 5.74) is 4.05. The van der Waals surface area contributed by atoms with E-state index in [-0.39, 0.29) is 5.91 Å². The minimum absolute atomic E-state index is 0.0355. The first-order chi connectivity index (χ1) is 14.2. The highest BCUT2D eigenvalue weighted by Crippen LogP contribution is 2.20. The van der Waals surface area contributed by atoms with Crippen molar-refractivity contribution in [2.45, 2.75) is 6.42 Å². The molecule has 29 heavy (non-hydrogen) atoms. The van der Waals surface area contributed by atoms with E-state index in [2.05, 4.69) is 51.4 Å². The van der Waals surface area contributed by atoms with E-state index >= 15 is 0 Å². The van der Waals surface area contributed by atoms with Crippen LogP contribution in [0.15, 0.2) is 72.9 Å². The zero-order chi connectivity index (χ0) is 20.1. The topological polar surface area (TPSA) is 48.5 Å². The molecule has 1 saturated heterocycles. The van der Waals surface area contributed by atoms with Gasteiger partial charge in [0.25, 0.3) is 0 Å². The number of nitrogens with zero attached hydrogens (tertiary/aromatic N) is 3. The summed E-state index contributed by atoms with van der Waals surface area (Å²) < 4.78 is 0. The fourth-order valence-electron chi connectivity index (χ4n) is 3.52. The number of rotatable bonds is 5. The Morgan fingerprint density at radius 3 is 2.24 bits per heavy atom. The molecule has 0 atom stereocenters. The van der Waals surface area contributed by atoms with Gasteiger partial charge in [-0.3, -0.25) is 4.79 Å². The van der Waals surface area contributed by atoms with E-state index in [1.54, 1.807) is 6.20 Å². The lowest BCUT2D eigenvalue weighted by atomic mass is 10.0. The molecule has 0 radical (unpaired) electrons. The summed E-state index contributed by atoms with van der Waals surface area (Å²) in [6.45, 7) is 4.05. The first-order valence-corrected chi connectivity index (χ1v) is 10.0. The lowest BCUT2D eigenvalue weighted by Gasteiger charge is -2.33. The average Bonchev–Trinajstić information content (AvgIpc) is 2.76. The minimum atomic E-state index is -0.0355. The first-order valence-electron chi connectivity index (χ1n) is 10.0. The molecule has 1 aliphatic heterocycles. The van der Waals surface area contributed by atoms with Crippen molar-refractivity contribution in [3.05, 3.63) is 78.5 Å². The number of piperazine rings is 1. The third-order valence-corrected chi connectivity index (χ3v) is 5.28. The molecule has 4 rings (SSSR count). The van der Waals surface area contributed by atoms with Crippen LogP contribution in [-0.2, 0) is 11.2 Å². The van der Waals surface area contributed by atoms with Crippen molar-refractivity contribution in [1.82, 2.24) is 9.88 Å². The Labute approximate surface area is 172 Å². The number of amides is 1. The molecule has 3 aromatic rings. The molecule has 148 valence electrons. The maximum Gasteiger partial charge on any atom is 0.228 e. The second-order valence-electron chi connectivity index (χ2n) is 7.48. The summed E-state index contributed by atoms with van der Waals surface area (Å²) in [5.74, 6) is 0.930. The number of likely N-dealkylation sites (N-methyl/N-ethyl adjacent to an activating group) is 1. The van der Waals surface area contributed by atoms with Crippen LogP contribution in [0, 0.1) is 0 Å². The van der Waals surface area contributed by atoms with Crippen molar-refractivity contribution in [3.8, 4) is 11.1 Å². The minimum Gasteiger partial charge on any atom is -0.354 e. The van der Waals surface area contributed by atoms with Crippen molar-refractivity contribution in [2.75, 3.05) is 43.4 Å². The third-order valence-electron chi connectivity index (χ3n) is 5.28. The molecular weight excluding hydrogens is 360 g/mol. The van der Waals surface area contributed by atoms with Gasteiger partial charge in [0.2, 0.25) is 5.91 Å². The summed E-state index contributed by atoms with van der Waals surface area (Å²) >= 11 is 0. The summed E-state index contributed by atoms with van der Waals surface area (Å²) in [5, 5.41) is 2.95. The standard InChI is InChI=1S/C24H26N4O/c1-27-13-15-28(16-14-27)23-12-11-22(18-25-23)26-24(29)17-19-7-9-21(10-8-19)20-5-3-2-4-6-20/h2-12,18H,13-17H2,1H3,(H,26,29). The normalized spacial score (nSPS) is 14.6. The Bertz CT molecular complexity index is 931. The number of pyridine rings is 1. The molecule has 0 saturated carbocycles. The number of aromatic nitrogens is 1. The van der Waals surface area contributed by atoms with Gasteiger partial charge in [-0.15, -0.1) is 0 Å². The lowest BCUT2D eigenvalue weighted by molar-refractivity contribution is -0.115. The van der Waals surface area contributed by atoms with Crippen molar-refractivity contribution >= 4 is 17.4 Å². The summed E-state index contributed by atoms with van der Waals surface area (Å²) in [4.78, 5) is 21.5. The van der Waals surface area contributed by atoms with Crippen LogP contribution in [0.5, 0.6) is 0 Å². The molecule has 0 spiro atoms. The lowest BCUT2D eigenvalue weighted by Crippen LogP contribution is -2.44. The Kier molecular flexibility index (Phi) is 5.86. The number of carbonyl (C=O) groups is 1. The number of hydrogen-bond donors (Lipinski definition) is 1. The Hall–Kier alpha value is -3.18. The second-order valence-corrected chi connectivity index (χ2v) is 7.48. The van der Waals surface area contributed by atoms with E-state index in [0.29, 0.717) is 6.42 Å². The molecule has 2 aromatic carbocycles. The van der Waals surface area contributed by atoms with Gasteiger partial charge >= 0.3 is 0 Å².